The Labute approximate surface area is 109 Å². The quantitative estimate of drug-likeness (QED) is 0.763. The summed E-state index contributed by atoms with van der Waals surface area (Å²) >= 11 is 1.90. The second kappa shape index (κ2) is 7.85. The second-order valence-corrected chi connectivity index (χ2v) is 5.75. The average molecular weight is 255 g/mol. The van der Waals surface area contributed by atoms with Crippen molar-refractivity contribution < 1.29 is 4.74 Å². The zero-order chi connectivity index (χ0) is 12.7. The van der Waals surface area contributed by atoms with Gasteiger partial charge in [0.2, 0.25) is 0 Å². The molecule has 1 unspecified atom stereocenters. The molecular formula is C14H25NOS. The fourth-order valence-electron chi connectivity index (χ4n) is 1.62. The van der Waals surface area contributed by atoms with Crippen molar-refractivity contribution in [1.29, 1.82) is 0 Å². The van der Waals surface area contributed by atoms with Crippen molar-refractivity contribution in [2.24, 2.45) is 0 Å². The Hall–Kier alpha value is -0.380. The van der Waals surface area contributed by atoms with Gasteiger partial charge < -0.3 is 10.1 Å². The van der Waals surface area contributed by atoms with Gasteiger partial charge in [0.25, 0.3) is 0 Å². The number of hydrogen-bond acceptors (Lipinski definition) is 3. The molecular weight excluding hydrogens is 230 g/mol. The molecule has 0 aliphatic carbocycles. The molecule has 0 bridgehead atoms. The van der Waals surface area contributed by atoms with Gasteiger partial charge in [0.15, 0.2) is 0 Å². The Morgan fingerprint density at radius 1 is 1.29 bits per heavy atom. The Kier molecular flexibility index (Phi) is 6.78. The van der Waals surface area contributed by atoms with E-state index < -0.39 is 0 Å². The second-order valence-electron chi connectivity index (χ2n) is 4.55. The molecule has 1 atom stereocenters. The predicted molar refractivity (Wildman–Crippen MR) is 75.8 cm³/mol. The molecule has 1 aromatic heterocycles. The van der Waals surface area contributed by atoms with Crippen LogP contribution in [-0.2, 0) is 11.2 Å². The van der Waals surface area contributed by atoms with Crippen molar-refractivity contribution in [2.45, 2.75) is 52.7 Å². The first kappa shape index (κ1) is 14.7. The smallest absolute Gasteiger partial charge is 0.0672 e. The molecule has 0 spiro atoms. The summed E-state index contributed by atoms with van der Waals surface area (Å²) in [7, 11) is 0. The molecule has 0 saturated carbocycles. The topological polar surface area (TPSA) is 21.3 Å². The van der Waals surface area contributed by atoms with Crippen LogP contribution >= 0.6 is 11.3 Å². The lowest BCUT2D eigenvalue weighted by Crippen LogP contribution is -2.26. The SMILES string of the molecule is CCCNC(COC(C)C)c1ccc(CC)s1. The van der Waals surface area contributed by atoms with Crippen LogP contribution in [0, 0.1) is 0 Å². The highest BCUT2D eigenvalue weighted by molar-refractivity contribution is 7.12. The maximum absolute atomic E-state index is 5.74. The number of ether oxygens (including phenoxy) is 1. The molecule has 1 aromatic rings. The molecule has 3 heteroatoms. The minimum atomic E-state index is 0.298. The summed E-state index contributed by atoms with van der Waals surface area (Å²) in [4.78, 5) is 2.85. The maximum Gasteiger partial charge on any atom is 0.0672 e. The van der Waals surface area contributed by atoms with Gasteiger partial charge >= 0.3 is 0 Å². The Morgan fingerprint density at radius 2 is 2.06 bits per heavy atom. The zero-order valence-electron chi connectivity index (χ0n) is 11.5. The lowest BCUT2D eigenvalue weighted by Gasteiger charge is -2.18. The monoisotopic (exact) mass is 255 g/mol. The summed E-state index contributed by atoms with van der Waals surface area (Å²) in [6.45, 7) is 10.4. The highest BCUT2D eigenvalue weighted by atomic mass is 32.1. The van der Waals surface area contributed by atoms with E-state index in [2.05, 4.69) is 45.1 Å². The van der Waals surface area contributed by atoms with Crippen LogP contribution in [0.5, 0.6) is 0 Å². The van der Waals surface area contributed by atoms with E-state index in [-0.39, 0.29) is 0 Å². The molecule has 0 amide bonds. The van der Waals surface area contributed by atoms with Gasteiger partial charge in [-0.2, -0.15) is 0 Å². The van der Waals surface area contributed by atoms with Gasteiger partial charge in [-0.3, -0.25) is 0 Å². The summed E-state index contributed by atoms with van der Waals surface area (Å²) < 4.78 is 5.74. The molecule has 98 valence electrons. The highest BCUT2D eigenvalue weighted by Crippen LogP contribution is 2.24. The number of nitrogens with one attached hydrogen (secondary N) is 1. The van der Waals surface area contributed by atoms with Gasteiger partial charge in [-0.25, -0.2) is 0 Å². The standard InChI is InChI=1S/C14H25NOS/c1-5-9-15-13(10-16-11(3)4)14-8-7-12(6-2)17-14/h7-8,11,13,15H,5-6,9-10H2,1-4H3. The first-order valence-electron chi connectivity index (χ1n) is 6.60. The van der Waals surface area contributed by atoms with Crippen LogP contribution in [0.4, 0.5) is 0 Å². The van der Waals surface area contributed by atoms with Crippen LogP contribution < -0.4 is 5.32 Å². The van der Waals surface area contributed by atoms with Crippen LogP contribution in [0.15, 0.2) is 12.1 Å². The van der Waals surface area contributed by atoms with Gasteiger partial charge in [0, 0.05) is 9.75 Å². The zero-order valence-corrected chi connectivity index (χ0v) is 12.3. The molecule has 17 heavy (non-hydrogen) atoms. The molecule has 1 heterocycles. The van der Waals surface area contributed by atoms with E-state index in [4.69, 9.17) is 4.74 Å². The highest BCUT2D eigenvalue weighted by Gasteiger charge is 2.13. The minimum absolute atomic E-state index is 0.298. The summed E-state index contributed by atoms with van der Waals surface area (Å²) in [5, 5.41) is 3.56. The van der Waals surface area contributed by atoms with Gasteiger partial charge in [0.1, 0.15) is 0 Å². The summed E-state index contributed by atoms with van der Waals surface area (Å²) in [5.41, 5.74) is 0. The van der Waals surface area contributed by atoms with E-state index >= 15 is 0 Å². The molecule has 1 rings (SSSR count). The molecule has 0 radical (unpaired) electrons. The van der Waals surface area contributed by atoms with Crippen LogP contribution in [-0.4, -0.2) is 19.3 Å². The number of hydrogen-bond donors (Lipinski definition) is 1. The summed E-state index contributed by atoms with van der Waals surface area (Å²) in [6, 6.07) is 4.82. The van der Waals surface area contributed by atoms with E-state index in [1.165, 1.54) is 9.75 Å². The van der Waals surface area contributed by atoms with E-state index in [1.54, 1.807) is 0 Å². The Balaban J connectivity index is 2.60. The third-order valence-corrected chi connectivity index (χ3v) is 3.95. The lowest BCUT2D eigenvalue weighted by atomic mass is 10.2. The first-order chi connectivity index (χ1) is 8.17. The van der Waals surface area contributed by atoms with Crippen molar-refractivity contribution in [2.75, 3.05) is 13.2 Å². The third kappa shape index (κ3) is 5.19. The number of aryl methyl sites for hydroxylation is 1. The van der Waals surface area contributed by atoms with Crippen molar-refractivity contribution >= 4 is 11.3 Å². The van der Waals surface area contributed by atoms with Gasteiger partial charge in [-0.1, -0.05) is 13.8 Å². The fraction of sp³-hybridized carbons (Fsp3) is 0.714. The molecule has 0 saturated heterocycles. The van der Waals surface area contributed by atoms with Crippen LogP contribution in [0.1, 0.15) is 49.9 Å². The van der Waals surface area contributed by atoms with E-state index in [0.717, 1.165) is 26.0 Å². The molecule has 1 N–H and O–H groups in total. The van der Waals surface area contributed by atoms with E-state index in [1.807, 2.05) is 11.3 Å². The van der Waals surface area contributed by atoms with Crippen molar-refractivity contribution in [3.63, 3.8) is 0 Å². The van der Waals surface area contributed by atoms with Crippen molar-refractivity contribution in [3.8, 4) is 0 Å². The molecule has 0 aromatic carbocycles. The molecule has 0 fully saturated rings. The van der Waals surface area contributed by atoms with E-state index in [0.29, 0.717) is 12.1 Å². The van der Waals surface area contributed by atoms with Gasteiger partial charge in [-0.15, -0.1) is 11.3 Å². The Bertz CT molecular complexity index is 309. The number of thiophene rings is 1. The van der Waals surface area contributed by atoms with E-state index in [9.17, 15) is 0 Å². The van der Waals surface area contributed by atoms with Crippen molar-refractivity contribution in [1.82, 2.24) is 5.32 Å². The summed E-state index contributed by atoms with van der Waals surface area (Å²) in [5.74, 6) is 0. The predicted octanol–water partition coefficient (Wildman–Crippen LogP) is 3.78. The molecule has 0 aliphatic heterocycles. The lowest BCUT2D eigenvalue weighted by molar-refractivity contribution is 0.0618. The third-order valence-electron chi connectivity index (χ3n) is 2.61. The van der Waals surface area contributed by atoms with Crippen LogP contribution in [0.3, 0.4) is 0 Å². The maximum atomic E-state index is 5.74. The Morgan fingerprint density at radius 3 is 2.59 bits per heavy atom. The van der Waals surface area contributed by atoms with Gasteiger partial charge in [0.05, 0.1) is 18.8 Å². The number of rotatable bonds is 8. The normalized spacial score (nSPS) is 13.2. The van der Waals surface area contributed by atoms with Crippen molar-refractivity contribution in [3.05, 3.63) is 21.9 Å². The van der Waals surface area contributed by atoms with Crippen LogP contribution in [0.25, 0.3) is 0 Å². The molecule has 2 nitrogen and oxygen atoms in total. The molecule has 0 aliphatic rings. The fourth-order valence-corrected chi connectivity index (χ4v) is 2.63. The first-order valence-corrected chi connectivity index (χ1v) is 7.42. The van der Waals surface area contributed by atoms with Gasteiger partial charge in [-0.05, 0) is 45.4 Å². The summed E-state index contributed by atoms with van der Waals surface area (Å²) in [6.07, 6.45) is 2.58. The van der Waals surface area contributed by atoms with Crippen LogP contribution in [0.2, 0.25) is 0 Å². The minimum Gasteiger partial charge on any atom is -0.377 e. The largest absolute Gasteiger partial charge is 0.377 e. The average Bonchev–Trinajstić information content (AvgIpc) is 2.77.